The largest absolute Gasteiger partial charge is 0.309 e. The zero-order valence-electron chi connectivity index (χ0n) is 39.1. The molecule has 13 rings (SSSR count). The lowest BCUT2D eigenvalue weighted by atomic mass is 9.67. The van der Waals surface area contributed by atoms with Gasteiger partial charge in [0.1, 0.15) is 0 Å². The van der Waals surface area contributed by atoms with Gasteiger partial charge in [0.25, 0.3) is 0 Å². The van der Waals surface area contributed by atoms with Gasteiger partial charge in [0.05, 0.1) is 16.4 Å². The lowest BCUT2D eigenvalue weighted by Crippen LogP contribution is -2.28. The third-order valence-electron chi connectivity index (χ3n) is 13.8. The van der Waals surface area contributed by atoms with E-state index >= 15 is 0 Å². The van der Waals surface area contributed by atoms with Gasteiger partial charge < -0.3 is 4.57 Å². The van der Waals surface area contributed by atoms with Crippen molar-refractivity contribution in [1.82, 2.24) is 4.57 Å². The number of hydrogen-bond acceptors (Lipinski definition) is 0. The summed E-state index contributed by atoms with van der Waals surface area (Å²) in [6.45, 7) is 4.27. The van der Waals surface area contributed by atoms with Crippen LogP contribution in [0.25, 0.3) is 60.5 Å². The van der Waals surface area contributed by atoms with Crippen LogP contribution >= 0.6 is 0 Å². The molecule has 1 aliphatic rings. The Morgan fingerprint density at radius 3 is 1.64 bits per heavy atom. The molecule has 0 radical (unpaired) electrons. The molecule has 0 fully saturated rings. The van der Waals surface area contributed by atoms with E-state index in [0.29, 0.717) is 0 Å². The fraction of sp³-hybridized carbons (Fsp3) is 0.0588. The van der Waals surface area contributed by atoms with Crippen LogP contribution in [0, 0.1) is 13.8 Å². The van der Waals surface area contributed by atoms with Gasteiger partial charge in [-0.05, 0) is 123 Å². The summed E-state index contributed by atoms with van der Waals surface area (Å²) in [5.74, 6) is 0. The van der Waals surface area contributed by atoms with Gasteiger partial charge in [-0.3, -0.25) is 0 Å². The molecule has 0 N–H and O–H groups in total. The Labute approximate surface area is 406 Å². The highest BCUT2D eigenvalue weighted by Gasteiger charge is 2.46. The molecule has 0 aliphatic heterocycles. The monoisotopic (exact) mass is 883 g/mol. The number of aromatic nitrogens is 1. The molecule has 330 valence electrons. The smallest absolute Gasteiger partial charge is 0.0714 e. The summed E-state index contributed by atoms with van der Waals surface area (Å²) in [7, 11) is 0. The van der Waals surface area contributed by atoms with Crippen LogP contribution in [0.3, 0.4) is 0 Å². The summed E-state index contributed by atoms with van der Waals surface area (Å²) in [6.07, 6.45) is 1.03. The maximum atomic E-state index is 2.45. The number of para-hydroxylation sites is 1. The molecule has 0 spiro atoms. The summed E-state index contributed by atoms with van der Waals surface area (Å²) in [5, 5.41) is 5.21. The van der Waals surface area contributed by atoms with Crippen LogP contribution in [0.5, 0.6) is 0 Å². The lowest BCUT2D eigenvalue weighted by molar-refractivity contribution is 0.767. The van der Waals surface area contributed by atoms with Crippen molar-refractivity contribution in [3.63, 3.8) is 0 Å². The highest BCUT2D eigenvalue weighted by Crippen LogP contribution is 2.56. The molecule has 1 aliphatic carbocycles. The Morgan fingerprint density at radius 1 is 0.348 bits per heavy atom. The molecule has 12 aromatic rings. The minimum absolute atomic E-state index is 0.427. The third-order valence-corrected chi connectivity index (χ3v) is 13.8. The van der Waals surface area contributed by atoms with Gasteiger partial charge in [0.2, 0.25) is 0 Å². The van der Waals surface area contributed by atoms with Gasteiger partial charge in [0.15, 0.2) is 0 Å². The second kappa shape index (κ2) is 19.0. The van der Waals surface area contributed by atoms with Crippen LogP contribution in [0.4, 0.5) is 0 Å². The summed E-state index contributed by atoms with van der Waals surface area (Å²) < 4.78 is 2.45. The summed E-state index contributed by atoms with van der Waals surface area (Å²) in [5.41, 5.74) is 18.9. The van der Waals surface area contributed by atoms with E-state index in [4.69, 9.17) is 0 Å². The first-order valence-corrected chi connectivity index (χ1v) is 24.0. The zero-order valence-corrected chi connectivity index (χ0v) is 39.1. The van der Waals surface area contributed by atoms with E-state index in [2.05, 4.69) is 291 Å². The number of benzene rings is 11. The van der Waals surface area contributed by atoms with E-state index in [1.165, 1.54) is 105 Å². The normalized spacial score (nSPS) is 12.1. The Morgan fingerprint density at radius 2 is 0.913 bits per heavy atom. The molecule has 0 amide bonds. The van der Waals surface area contributed by atoms with Crippen LogP contribution in [-0.2, 0) is 11.8 Å². The fourth-order valence-corrected chi connectivity index (χ4v) is 10.7. The van der Waals surface area contributed by atoms with Crippen LogP contribution < -0.4 is 0 Å². The van der Waals surface area contributed by atoms with E-state index in [1.54, 1.807) is 0 Å². The van der Waals surface area contributed by atoms with Gasteiger partial charge in [-0.2, -0.15) is 0 Å². The van der Waals surface area contributed by atoms with Crippen molar-refractivity contribution >= 4 is 32.6 Å². The molecule has 11 aromatic carbocycles. The highest BCUT2D eigenvalue weighted by atomic mass is 15.0. The first-order chi connectivity index (χ1) is 34.1. The minimum atomic E-state index is -0.427. The van der Waals surface area contributed by atoms with Crippen LogP contribution in [0.15, 0.2) is 273 Å². The first-order valence-electron chi connectivity index (χ1n) is 24.0. The minimum Gasteiger partial charge on any atom is -0.309 e. The molecular formula is C68H53N. The predicted octanol–water partition coefficient (Wildman–Crippen LogP) is 17.5. The summed E-state index contributed by atoms with van der Waals surface area (Å²) in [6, 6.07) is 98.6. The molecule has 69 heavy (non-hydrogen) atoms. The molecule has 1 heterocycles. The SMILES string of the molecule is Cc1cccc(Cc2ccccc2)c1.Cc1cccc2ccccc12.c1ccc(-c2ccc3c(c2)c2ccccc2n3-c2ccc3c(c2)C(c2ccccc2)(c2ccccc2)c2ccccc2-3)cc1. The van der Waals surface area contributed by atoms with Gasteiger partial charge >= 0.3 is 0 Å². The Kier molecular flexibility index (Phi) is 11.9. The number of fused-ring (bicyclic) bond motifs is 7. The van der Waals surface area contributed by atoms with Crippen LogP contribution in [0.2, 0.25) is 0 Å². The molecule has 0 atom stereocenters. The molecule has 0 bridgehead atoms. The molecule has 1 nitrogen and oxygen atoms in total. The average molecular weight is 884 g/mol. The summed E-state index contributed by atoms with van der Waals surface area (Å²) >= 11 is 0. The second-order valence-corrected chi connectivity index (χ2v) is 18.2. The highest BCUT2D eigenvalue weighted by molar-refractivity contribution is 6.10. The topological polar surface area (TPSA) is 4.93 Å². The van der Waals surface area contributed by atoms with Crippen molar-refractivity contribution in [2.24, 2.45) is 0 Å². The van der Waals surface area contributed by atoms with Crippen molar-refractivity contribution in [1.29, 1.82) is 0 Å². The van der Waals surface area contributed by atoms with Gasteiger partial charge in [0, 0.05) is 16.5 Å². The molecule has 1 heteroatoms. The van der Waals surface area contributed by atoms with E-state index in [0.717, 1.165) is 6.42 Å². The number of nitrogens with zero attached hydrogens (tertiary/aromatic N) is 1. The first kappa shape index (κ1) is 43.1. The van der Waals surface area contributed by atoms with Crippen molar-refractivity contribution in [2.75, 3.05) is 0 Å². The van der Waals surface area contributed by atoms with Gasteiger partial charge in [-0.1, -0.05) is 248 Å². The van der Waals surface area contributed by atoms with Crippen molar-refractivity contribution in [2.45, 2.75) is 25.7 Å². The van der Waals surface area contributed by atoms with E-state index < -0.39 is 5.41 Å². The number of rotatable bonds is 6. The number of aryl methyl sites for hydroxylation is 2. The van der Waals surface area contributed by atoms with Crippen LogP contribution in [0.1, 0.15) is 44.5 Å². The molecule has 0 unspecified atom stereocenters. The Balaban J connectivity index is 0.000000169. The second-order valence-electron chi connectivity index (χ2n) is 18.2. The molecule has 0 saturated heterocycles. The maximum Gasteiger partial charge on any atom is 0.0714 e. The van der Waals surface area contributed by atoms with Crippen molar-refractivity contribution in [3.05, 3.63) is 317 Å². The van der Waals surface area contributed by atoms with E-state index in [1.807, 2.05) is 0 Å². The predicted molar refractivity (Wildman–Crippen MR) is 293 cm³/mol. The van der Waals surface area contributed by atoms with E-state index in [9.17, 15) is 0 Å². The number of hydrogen-bond donors (Lipinski definition) is 0. The molecular weight excluding hydrogens is 831 g/mol. The summed E-state index contributed by atoms with van der Waals surface area (Å²) in [4.78, 5) is 0. The van der Waals surface area contributed by atoms with Gasteiger partial charge in [-0.15, -0.1) is 0 Å². The lowest BCUT2D eigenvalue weighted by Gasteiger charge is -2.34. The van der Waals surface area contributed by atoms with Crippen molar-refractivity contribution < 1.29 is 0 Å². The van der Waals surface area contributed by atoms with Crippen LogP contribution in [-0.4, -0.2) is 4.57 Å². The maximum absolute atomic E-state index is 2.45. The third kappa shape index (κ3) is 8.23. The molecule has 0 saturated carbocycles. The van der Waals surface area contributed by atoms with E-state index in [-0.39, 0.29) is 0 Å². The Bertz CT molecular complexity index is 3650. The zero-order chi connectivity index (χ0) is 46.6. The quantitative estimate of drug-likeness (QED) is 0.157. The van der Waals surface area contributed by atoms with Gasteiger partial charge in [-0.25, -0.2) is 0 Å². The Hall–Kier alpha value is -8.52. The fourth-order valence-electron chi connectivity index (χ4n) is 10.7. The van der Waals surface area contributed by atoms with Crippen molar-refractivity contribution in [3.8, 4) is 27.9 Å². The standard InChI is InChI=1S/C43H29N.C14H14.C11H10/c1-4-14-30(15-5-1)31-24-27-42-38(28-31)37-21-11-13-23-41(37)44(42)34-25-26-36-35-20-10-12-22-39(35)43(40(36)29-34,32-16-6-2-7-17-32)33-18-8-3-9-19-33;1-12-6-5-9-14(10-12)11-13-7-3-2-4-8-13;1-9-5-4-7-10-6-2-3-8-11(9)10/h1-29H;2-10H,11H2,1H3;2-8H,1H3. The molecule has 1 aromatic heterocycles. The average Bonchev–Trinajstić information content (AvgIpc) is 3.90.